The number of quaternary nitrogens is 1. The highest BCUT2D eigenvalue weighted by Crippen LogP contribution is 2.45. The van der Waals surface area contributed by atoms with Gasteiger partial charge in [-0.3, -0.25) is 4.79 Å². The Kier molecular flexibility index (Phi) is 8.58. The van der Waals surface area contributed by atoms with Gasteiger partial charge in [-0.2, -0.15) is 26.3 Å². The molecule has 2 aliphatic carbocycles. The van der Waals surface area contributed by atoms with Crippen LogP contribution < -0.4 is 16.2 Å². The molecule has 0 bridgehead atoms. The second-order valence-corrected chi connectivity index (χ2v) is 7.32. The van der Waals surface area contributed by atoms with E-state index >= 15 is 0 Å². The minimum Gasteiger partial charge on any atom is -0.544 e. The van der Waals surface area contributed by atoms with Gasteiger partial charge in [0.15, 0.2) is 0 Å². The van der Waals surface area contributed by atoms with Crippen molar-refractivity contribution in [2.45, 2.75) is 94.1 Å². The van der Waals surface area contributed by atoms with Crippen LogP contribution in [0.15, 0.2) is 0 Å². The van der Waals surface area contributed by atoms with Crippen molar-refractivity contribution in [2.24, 2.45) is 0 Å². The topological polar surface area (TPSA) is 96.9 Å². The summed E-state index contributed by atoms with van der Waals surface area (Å²) in [6.45, 7) is 0. The van der Waals surface area contributed by atoms with Gasteiger partial charge in [0.1, 0.15) is 5.97 Å². The van der Waals surface area contributed by atoms with E-state index in [0.717, 1.165) is 12.5 Å². The molecule has 0 heterocycles. The first-order chi connectivity index (χ1) is 12.8. The largest absolute Gasteiger partial charge is 0.544 e. The number of hydrogen-bond donors (Lipinski definition) is 2. The van der Waals surface area contributed by atoms with Gasteiger partial charge in [0.05, 0.1) is 6.04 Å². The third-order valence-electron chi connectivity index (χ3n) is 5.00. The molecule has 2 rings (SSSR count). The van der Waals surface area contributed by atoms with Gasteiger partial charge in [-0.05, 0) is 38.5 Å². The number of aliphatic carboxylic acids is 1. The molecule has 0 saturated heterocycles. The lowest BCUT2D eigenvalue weighted by molar-refractivity contribution is -0.425. The standard InChI is InChI=1S/C11H13F6NO3.C6H13N/c12-9(13,11(16,17)10(14,15)8(20)21)7(19)18-6-4-2-1-3-5-6;7-6-4-2-1-3-5-6/h6H,1-5H2,(H,18,19)(H,20,21);6H,1-5,7H2. The second-order valence-electron chi connectivity index (χ2n) is 7.32. The Labute approximate surface area is 159 Å². The SMILES string of the molecule is O=C([O-])C(F)(F)C(F)(F)C(F)(F)C(=O)NC1CCCCC1.[NH3+]C1CCCCC1. The third kappa shape index (κ3) is 5.74. The molecule has 28 heavy (non-hydrogen) atoms. The van der Waals surface area contributed by atoms with Crippen molar-refractivity contribution in [1.29, 1.82) is 0 Å². The molecule has 0 aliphatic heterocycles. The lowest BCUT2D eigenvalue weighted by Crippen LogP contribution is -2.66. The van der Waals surface area contributed by atoms with E-state index in [1.54, 1.807) is 5.32 Å². The zero-order chi connectivity index (χ0) is 21.6. The van der Waals surface area contributed by atoms with Crippen LogP contribution in [0.2, 0.25) is 0 Å². The Balaban J connectivity index is 0.000000467. The van der Waals surface area contributed by atoms with Crippen LogP contribution in [0, 0.1) is 0 Å². The van der Waals surface area contributed by atoms with Crippen LogP contribution in [-0.2, 0) is 9.59 Å². The first-order valence-electron chi connectivity index (χ1n) is 9.33. The van der Waals surface area contributed by atoms with Crippen molar-refractivity contribution < 1.29 is 46.8 Å². The Morgan fingerprint density at radius 3 is 1.57 bits per heavy atom. The second kappa shape index (κ2) is 9.80. The first kappa shape index (κ1) is 24.5. The van der Waals surface area contributed by atoms with Gasteiger partial charge in [0.25, 0.3) is 5.91 Å². The Bertz CT molecular complexity index is 533. The summed E-state index contributed by atoms with van der Waals surface area (Å²) in [5, 5.41) is 11.5. The van der Waals surface area contributed by atoms with E-state index < -0.39 is 35.7 Å². The fourth-order valence-electron chi connectivity index (χ4n) is 3.18. The van der Waals surface area contributed by atoms with E-state index in [1.807, 2.05) is 0 Å². The normalized spacial score (nSPS) is 20.1. The van der Waals surface area contributed by atoms with Crippen molar-refractivity contribution in [3.8, 4) is 0 Å². The molecule has 2 saturated carbocycles. The predicted molar refractivity (Wildman–Crippen MR) is 84.6 cm³/mol. The van der Waals surface area contributed by atoms with E-state index in [0.29, 0.717) is 12.8 Å². The van der Waals surface area contributed by atoms with Crippen LogP contribution in [-0.4, -0.2) is 41.7 Å². The molecular weight excluding hydrogens is 394 g/mol. The molecule has 0 unspecified atom stereocenters. The highest BCUT2D eigenvalue weighted by Gasteiger charge is 2.75. The van der Waals surface area contributed by atoms with Crippen LogP contribution in [0.4, 0.5) is 26.3 Å². The molecule has 0 spiro atoms. The number of alkyl halides is 6. The molecule has 1 amide bonds. The third-order valence-corrected chi connectivity index (χ3v) is 5.00. The van der Waals surface area contributed by atoms with Crippen LogP contribution in [0.3, 0.4) is 0 Å². The average Bonchev–Trinajstić information content (AvgIpc) is 2.63. The van der Waals surface area contributed by atoms with E-state index in [1.165, 1.54) is 32.1 Å². The number of hydrogen-bond acceptors (Lipinski definition) is 3. The molecule has 0 atom stereocenters. The summed E-state index contributed by atoms with van der Waals surface area (Å²) in [6.07, 6.45) is 9.48. The number of carboxylic acid groups (broad SMARTS) is 1. The summed E-state index contributed by atoms with van der Waals surface area (Å²) >= 11 is 0. The minimum absolute atomic E-state index is 0.254. The van der Waals surface area contributed by atoms with E-state index in [-0.39, 0.29) is 12.8 Å². The fourth-order valence-corrected chi connectivity index (χ4v) is 3.18. The highest BCUT2D eigenvalue weighted by molar-refractivity contribution is 5.87. The van der Waals surface area contributed by atoms with Crippen molar-refractivity contribution in [2.75, 3.05) is 0 Å². The van der Waals surface area contributed by atoms with Gasteiger partial charge in [0, 0.05) is 6.04 Å². The van der Waals surface area contributed by atoms with Crippen LogP contribution >= 0.6 is 0 Å². The van der Waals surface area contributed by atoms with Crippen molar-refractivity contribution in [3.05, 3.63) is 0 Å². The van der Waals surface area contributed by atoms with E-state index in [2.05, 4.69) is 5.73 Å². The average molecular weight is 420 g/mol. The minimum atomic E-state index is -6.41. The molecule has 0 aromatic rings. The van der Waals surface area contributed by atoms with Gasteiger partial charge in [-0.25, -0.2) is 0 Å². The number of carbonyl (C=O) groups is 2. The summed E-state index contributed by atoms with van der Waals surface area (Å²) < 4.78 is 78.0. The number of carboxylic acids is 1. The lowest BCUT2D eigenvalue weighted by Gasteiger charge is -2.33. The maximum absolute atomic E-state index is 13.3. The lowest BCUT2D eigenvalue weighted by atomic mass is 9.94. The monoisotopic (exact) mass is 420 g/mol. The van der Waals surface area contributed by atoms with Crippen LogP contribution in [0.5, 0.6) is 0 Å². The Morgan fingerprint density at radius 1 is 0.786 bits per heavy atom. The molecule has 2 fully saturated rings. The van der Waals surface area contributed by atoms with Gasteiger partial charge < -0.3 is 21.0 Å². The van der Waals surface area contributed by atoms with E-state index in [4.69, 9.17) is 0 Å². The summed E-state index contributed by atoms with van der Waals surface area (Å²) in [4.78, 5) is 21.1. The van der Waals surface area contributed by atoms with Gasteiger partial charge >= 0.3 is 17.8 Å². The molecule has 0 aromatic heterocycles. The number of amides is 1. The van der Waals surface area contributed by atoms with Crippen LogP contribution in [0.1, 0.15) is 64.2 Å². The number of halogens is 6. The summed E-state index contributed by atoms with van der Waals surface area (Å²) in [6, 6.07) is -0.0433. The van der Waals surface area contributed by atoms with Gasteiger partial charge in [-0.15, -0.1) is 0 Å². The molecule has 0 aromatic carbocycles. The molecule has 4 N–H and O–H groups in total. The highest BCUT2D eigenvalue weighted by atomic mass is 19.3. The molecular formula is C17H26F6N2O3. The Morgan fingerprint density at radius 2 is 1.21 bits per heavy atom. The van der Waals surface area contributed by atoms with Crippen molar-refractivity contribution in [1.82, 2.24) is 5.32 Å². The smallest absolute Gasteiger partial charge is 0.392 e. The molecule has 164 valence electrons. The summed E-state index contributed by atoms with van der Waals surface area (Å²) in [5.41, 5.74) is 4.00. The molecule has 2 aliphatic rings. The van der Waals surface area contributed by atoms with Crippen LogP contribution in [0.25, 0.3) is 0 Å². The van der Waals surface area contributed by atoms with E-state index in [9.17, 15) is 41.0 Å². The Hall–Kier alpha value is -1.52. The number of rotatable bonds is 5. The zero-order valence-corrected chi connectivity index (χ0v) is 15.4. The summed E-state index contributed by atoms with van der Waals surface area (Å²) in [7, 11) is 0. The molecule has 5 nitrogen and oxygen atoms in total. The predicted octanol–water partition coefficient (Wildman–Crippen LogP) is 1.65. The van der Waals surface area contributed by atoms with Gasteiger partial charge in [-0.1, -0.05) is 25.7 Å². The first-order valence-corrected chi connectivity index (χ1v) is 9.33. The summed E-state index contributed by atoms with van der Waals surface area (Å²) in [5.74, 6) is -24.8. The fraction of sp³-hybridized carbons (Fsp3) is 0.882. The van der Waals surface area contributed by atoms with Crippen molar-refractivity contribution >= 4 is 11.9 Å². The molecule has 0 radical (unpaired) electrons. The number of carbonyl (C=O) groups excluding carboxylic acids is 2. The zero-order valence-electron chi connectivity index (χ0n) is 15.4. The van der Waals surface area contributed by atoms with Gasteiger partial charge in [0.2, 0.25) is 0 Å². The van der Waals surface area contributed by atoms with Crippen molar-refractivity contribution in [3.63, 3.8) is 0 Å². The number of nitrogens with one attached hydrogen (secondary N) is 1. The maximum Gasteiger partial charge on any atom is 0.392 e. The molecule has 11 heteroatoms. The maximum atomic E-state index is 13.3. The quantitative estimate of drug-likeness (QED) is 0.662.